The summed E-state index contributed by atoms with van der Waals surface area (Å²) in [6.07, 6.45) is 6.38. The molecule has 2 saturated heterocycles. The van der Waals surface area contributed by atoms with Crippen molar-refractivity contribution < 1.29 is 14.9 Å². The normalized spacial score (nSPS) is 59.9. The third kappa shape index (κ3) is 1.45. The first-order valence-corrected chi connectivity index (χ1v) is 9.27. The van der Waals surface area contributed by atoms with E-state index in [9.17, 15) is 10.2 Å². The third-order valence-electron chi connectivity index (χ3n) is 8.45. The smallest absolute Gasteiger partial charge is 0.105 e. The molecule has 0 aromatic rings. The van der Waals surface area contributed by atoms with Crippen LogP contribution in [0.4, 0.5) is 0 Å². The van der Waals surface area contributed by atoms with Gasteiger partial charge in [0.1, 0.15) is 5.60 Å². The molecule has 2 heterocycles. The zero-order valence-corrected chi connectivity index (χ0v) is 14.6. The van der Waals surface area contributed by atoms with Gasteiger partial charge in [0.25, 0.3) is 0 Å². The van der Waals surface area contributed by atoms with Crippen LogP contribution in [0, 0.1) is 29.1 Å². The number of fused-ring (bicyclic) bond motifs is 3. The highest BCUT2D eigenvalue weighted by Crippen LogP contribution is 2.73. The molecule has 0 radical (unpaired) electrons. The molecule has 4 aliphatic rings. The monoisotopic (exact) mass is 308 g/mol. The molecular weight excluding hydrogens is 276 g/mol. The molecule has 2 aliphatic heterocycles. The quantitative estimate of drug-likeness (QED) is 0.824. The lowest BCUT2D eigenvalue weighted by Gasteiger charge is -2.58. The molecule has 7 atom stereocenters. The Morgan fingerprint density at radius 2 is 1.77 bits per heavy atom. The van der Waals surface area contributed by atoms with E-state index in [4.69, 9.17) is 4.74 Å². The number of hydrogen-bond acceptors (Lipinski definition) is 3. The molecule has 4 fully saturated rings. The summed E-state index contributed by atoms with van der Waals surface area (Å²) < 4.78 is 6.50. The fraction of sp³-hybridized carbons (Fsp3) is 1.00. The Morgan fingerprint density at radius 3 is 2.41 bits per heavy atom. The van der Waals surface area contributed by atoms with Crippen LogP contribution >= 0.6 is 0 Å². The van der Waals surface area contributed by atoms with Gasteiger partial charge in [-0.15, -0.1) is 0 Å². The Labute approximate surface area is 134 Å². The van der Waals surface area contributed by atoms with Gasteiger partial charge in [-0.2, -0.15) is 0 Å². The van der Waals surface area contributed by atoms with E-state index in [0.717, 1.165) is 32.1 Å². The molecule has 2 saturated carbocycles. The highest BCUT2D eigenvalue weighted by molar-refractivity contribution is 5.28. The molecule has 1 spiro atoms. The lowest BCUT2D eigenvalue weighted by atomic mass is 9.47. The van der Waals surface area contributed by atoms with Gasteiger partial charge in [-0.05, 0) is 68.6 Å². The molecule has 0 aromatic heterocycles. The summed E-state index contributed by atoms with van der Waals surface area (Å²) in [5.74, 6) is 1.50. The lowest BCUT2D eigenvalue weighted by molar-refractivity contribution is -0.216. The summed E-state index contributed by atoms with van der Waals surface area (Å²) >= 11 is 0. The Balaban J connectivity index is 1.81. The van der Waals surface area contributed by atoms with Gasteiger partial charge in [0.05, 0.1) is 17.8 Å². The lowest BCUT2D eigenvalue weighted by Crippen LogP contribution is -2.67. The molecule has 0 unspecified atom stereocenters. The number of aliphatic hydroxyl groups excluding tert-OH is 1. The summed E-state index contributed by atoms with van der Waals surface area (Å²) in [4.78, 5) is 0. The summed E-state index contributed by atoms with van der Waals surface area (Å²) in [6.45, 7) is 9.23. The predicted octanol–water partition coefficient (Wildman–Crippen LogP) is 3.13. The second-order valence-corrected chi connectivity index (χ2v) is 9.46. The van der Waals surface area contributed by atoms with E-state index >= 15 is 0 Å². The molecule has 4 rings (SSSR count). The highest BCUT2D eigenvalue weighted by atomic mass is 16.6. The van der Waals surface area contributed by atoms with Crippen LogP contribution in [0.15, 0.2) is 0 Å². The van der Waals surface area contributed by atoms with Crippen LogP contribution in [0.5, 0.6) is 0 Å². The average molecular weight is 308 g/mol. The molecule has 3 nitrogen and oxygen atoms in total. The minimum absolute atomic E-state index is 0.0493. The van der Waals surface area contributed by atoms with Crippen LogP contribution < -0.4 is 0 Å². The zero-order chi connectivity index (χ0) is 16.0. The average Bonchev–Trinajstić information content (AvgIpc) is 3.02. The van der Waals surface area contributed by atoms with Crippen molar-refractivity contribution >= 4 is 0 Å². The van der Waals surface area contributed by atoms with E-state index in [1.165, 1.54) is 6.42 Å². The van der Waals surface area contributed by atoms with Crippen molar-refractivity contribution in [3.05, 3.63) is 0 Å². The van der Waals surface area contributed by atoms with Gasteiger partial charge < -0.3 is 14.9 Å². The first-order chi connectivity index (χ1) is 10.2. The number of rotatable bonds is 2. The largest absolute Gasteiger partial charge is 0.396 e. The van der Waals surface area contributed by atoms with Crippen molar-refractivity contribution in [2.24, 2.45) is 29.1 Å². The van der Waals surface area contributed by atoms with E-state index < -0.39 is 5.60 Å². The van der Waals surface area contributed by atoms with Crippen molar-refractivity contribution in [2.45, 2.75) is 83.0 Å². The van der Waals surface area contributed by atoms with Crippen molar-refractivity contribution in [1.29, 1.82) is 0 Å². The second-order valence-electron chi connectivity index (χ2n) is 9.46. The van der Waals surface area contributed by atoms with E-state index in [1.54, 1.807) is 0 Å². The van der Waals surface area contributed by atoms with Gasteiger partial charge in [-0.1, -0.05) is 20.8 Å². The van der Waals surface area contributed by atoms with Gasteiger partial charge in [0.15, 0.2) is 0 Å². The van der Waals surface area contributed by atoms with Crippen molar-refractivity contribution in [3.8, 4) is 0 Å². The van der Waals surface area contributed by atoms with Crippen LogP contribution in [0.3, 0.4) is 0 Å². The highest BCUT2D eigenvalue weighted by Gasteiger charge is 2.79. The standard InChI is InChI=1S/C19H32O3/c1-12(2)13-5-6-14-16(13,3)7-9-18-10-8-17(4,22-18)15(11-20)19(14,18)21/h12-15,20-21H,5-11H2,1-4H3/t13-,14-,15+,16-,17+,18+,19+/m0/s1. The molecule has 126 valence electrons. The minimum atomic E-state index is -0.828. The molecule has 2 N–H and O–H groups in total. The summed E-state index contributed by atoms with van der Waals surface area (Å²) in [7, 11) is 0. The van der Waals surface area contributed by atoms with Crippen molar-refractivity contribution in [1.82, 2.24) is 0 Å². The van der Waals surface area contributed by atoms with Gasteiger partial charge >= 0.3 is 0 Å². The molecular formula is C19H32O3. The Morgan fingerprint density at radius 1 is 1.09 bits per heavy atom. The maximum atomic E-state index is 12.0. The van der Waals surface area contributed by atoms with Crippen LogP contribution in [0.25, 0.3) is 0 Å². The zero-order valence-electron chi connectivity index (χ0n) is 14.6. The van der Waals surface area contributed by atoms with Gasteiger partial charge in [0.2, 0.25) is 0 Å². The molecule has 2 bridgehead atoms. The first-order valence-electron chi connectivity index (χ1n) is 9.27. The SMILES string of the molecule is CC(C)[C@@H]1CC[C@H]2[C@@]1(C)CC[C@]13CC[C@@](C)(O1)[C@@H](CO)[C@]23O. The fourth-order valence-electron chi connectivity index (χ4n) is 7.49. The minimum Gasteiger partial charge on any atom is -0.396 e. The molecule has 0 amide bonds. The summed E-state index contributed by atoms with van der Waals surface area (Å²) in [5, 5.41) is 22.1. The van der Waals surface area contributed by atoms with Gasteiger partial charge in [-0.25, -0.2) is 0 Å². The topological polar surface area (TPSA) is 49.7 Å². The number of hydrogen-bond donors (Lipinski definition) is 2. The maximum absolute atomic E-state index is 12.0. The predicted molar refractivity (Wildman–Crippen MR) is 85.4 cm³/mol. The fourth-order valence-corrected chi connectivity index (χ4v) is 7.49. The molecule has 0 aromatic carbocycles. The van der Waals surface area contributed by atoms with E-state index in [-0.39, 0.29) is 35.1 Å². The van der Waals surface area contributed by atoms with Gasteiger partial charge in [-0.3, -0.25) is 0 Å². The first kappa shape index (κ1) is 15.4. The summed E-state index contributed by atoms with van der Waals surface area (Å²) in [5.41, 5.74) is -1.34. The van der Waals surface area contributed by atoms with Gasteiger partial charge in [0, 0.05) is 5.92 Å². The van der Waals surface area contributed by atoms with Crippen molar-refractivity contribution in [3.63, 3.8) is 0 Å². The van der Waals surface area contributed by atoms with Crippen molar-refractivity contribution in [2.75, 3.05) is 6.61 Å². The molecule has 22 heavy (non-hydrogen) atoms. The molecule has 3 heteroatoms. The van der Waals surface area contributed by atoms with Crippen LogP contribution in [-0.4, -0.2) is 33.6 Å². The second kappa shape index (κ2) is 4.29. The maximum Gasteiger partial charge on any atom is 0.105 e. The third-order valence-corrected chi connectivity index (χ3v) is 8.45. The Hall–Kier alpha value is -0.120. The molecule has 2 aliphatic carbocycles. The van der Waals surface area contributed by atoms with Crippen LogP contribution in [0.1, 0.15) is 66.2 Å². The Bertz CT molecular complexity index is 491. The van der Waals surface area contributed by atoms with E-state index in [2.05, 4.69) is 27.7 Å². The van der Waals surface area contributed by atoms with Crippen LogP contribution in [-0.2, 0) is 4.74 Å². The Kier molecular flexibility index (Phi) is 3.00. The number of ether oxygens (including phenoxy) is 1. The van der Waals surface area contributed by atoms with Crippen LogP contribution in [0.2, 0.25) is 0 Å². The van der Waals surface area contributed by atoms with E-state index in [0.29, 0.717) is 11.8 Å². The van der Waals surface area contributed by atoms with E-state index in [1.807, 2.05) is 0 Å². The summed E-state index contributed by atoms with van der Waals surface area (Å²) in [6, 6.07) is 0. The number of aliphatic hydroxyl groups is 2.